The molecule has 0 aliphatic heterocycles. The van der Waals surface area contributed by atoms with Crippen LogP contribution in [0.2, 0.25) is 0 Å². The van der Waals surface area contributed by atoms with Crippen molar-refractivity contribution in [2.24, 2.45) is 0 Å². The van der Waals surface area contributed by atoms with Crippen LogP contribution in [0.1, 0.15) is 74.9 Å². The van der Waals surface area contributed by atoms with Crippen LogP contribution in [0.5, 0.6) is 0 Å². The molecule has 0 spiro atoms. The second-order valence-corrected chi connectivity index (χ2v) is 5.76. The number of nitrogens with one attached hydrogen (secondary N) is 1. The van der Waals surface area contributed by atoms with Gasteiger partial charge in [-0.1, -0.05) is 32.6 Å². The number of rotatable bonds is 4. The van der Waals surface area contributed by atoms with E-state index in [1.165, 1.54) is 44.1 Å². The molecule has 1 fully saturated rings. The molecule has 0 radical (unpaired) electrons. The molecular weight excluding hydrogens is 234 g/mol. The molecule has 0 amide bonds. The topological polar surface area (TPSA) is 37.8 Å². The Hall–Kier alpha value is -1.12. The molecule has 1 heterocycles. The van der Waals surface area contributed by atoms with E-state index in [0.29, 0.717) is 5.92 Å². The van der Waals surface area contributed by atoms with Crippen molar-refractivity contribution in [2.75, 3.05) is 11.9 Å². The quantitative estimate of drug-likeness (QED) is 0.819. The number of aromatic nitrogens is 2. The number of hydrogen-bond acceptors (Lipinski definition) is 3. The summed E-state index contributed by atoms with van der Waals surface area (Å²) in [6, 6.07) is 0. The van der Waals surface area contributed by atoms with E-state index in [1.54, 1.807) is 0 Å². The number of hydrogen-bond donors (Lipinski definition) is 1. The van der Waals surface area contributed by atoms with Crippen molar-refractivity contribution in [2.45, 2.75) is 71.6 Å². The third-order valence-electron chi connectivity index (χ3n) is 4.17. The Morgan fingerprint density at radius 3 is 2.37 bits per heavy atom. The van der Waals surface area contributed by atoms with Crippen LogP contribution < -0.4 is 5.32 Å². The van der Waals surface area contributed by atoms with E-state index in [0.717, 1.165) is 30.3 Å². The van der Waals surface area contributed by atoms with Crippen LogP contribution in [0.3, 0.4) is 0 Å². The summed E-state index contributed by atoms with van der Waals surface area (Å²) >= 11 is 0. The molecule has 3 nitrogen and oxygen atoms in total. The standard InChI is InChI=1S/C16H27N3/c1-4-11-17-15-12(2)13(3)18-16(19-15)14-9-7-5-6-8-10-14/h14H,4-11H2,1-3H3,(H,17,18,19). The number of anilines is 1. The third kappa shape index (κ3) is 3.68. The van der Waals surface area contributed by atoms with Gasteiger partial charge < -0.3 is 5.32 Å². The van der Waals surface area contributed by atoms with Crippen molar-refractivity contribution in [1.29, 1.82) is 0 Å². The smallest absolute Gasteiger partial charge is 0.134 e. The zero-order chi connectivity index (χ0) is 13.7. The Kier molecular flexibility index (Phi) is 5.17. The molecule has 0 bridgehead atoms. The molecule has 0 atom stereocenters. The largest absolute Gasteiger partial charge is 0.370 e. The fourth-order valence-corrected chi connectivity index (χ4v) is 2.79. The Morgan fingerprint density at radius 1 is 1.05 bits per heavy atom. The van der Waals surface area contributed by atoms with Gasteiger partial charge in [0, 0.05) is 23.7 Å². The lowest BCUT2D eigenvalue weighted by Gasteiger charge is -2.17. The summed E-state index contributed by atoms with van der Waals surface area (Å²) in [6.45, 7) is 7.39. The molecule has 19 heavy (non-hydrogen) atoms. The van der Waals surface area contributed by atoms with Gasteiger partial charge in [-0.05, 0) is 33.1 Å². The summed E-state index contributed by atoms with van der Waals surface area (Å²) in [5.41, 5.74) is 2.33. The highest BCUT2D eigenvalue weighted by Crippen LogP contribution is 2.31. The predicted octanol–water partition coefficient (Wildman–Crippen LogP) is 4.35. The zero-order valence-corrected chi connectivity index (χ0v) is 12.6. The number of nitrogens with zero attached hydrogens (tertiary/aromatic N) is 2. The normalized spacial score (nSPS) is 17.2. The highest BCUT2D eigenvalue weighted by atomic mass is 15.0. The van der Waals surface area contributed by atoms with Crippen LogP contribution in [-0.4, -0.2) is 16.5 Å². The van der Waals surface area contributed by atoms with Gasteiger partial charge in [0.25, 0.3) is 0 Å². The van der Waals surface area contributed by atoms with E-state index in [9.17, 15) is 0 Å². The van der Waals surface area contributed by atoms with Crippen LogP contribution in [-0.2, 0) is 0 Å². The molecule has 3 heteroatoms. The summed E-state index contributed by atoms with van der Waals surface area (Å²) in [6.07, 6.45) is 9.06. The molecule has 1 aromatic rings. The molecule has 1 aliphatic rings. The van der Waals surface area contributed by atoms with Crippen molar-refractivity contribution in [3.05, 3.63) is 17.1 Å². The minimum Gasteiger partial charge on any atom is -0.370 e. The Labute approximate surface area is 117 Å². The lowest BCUT2D eigenvalue weighted by molar-refractivity contribution is 0.558. The number of aryl methyl sites for hydroxylation is 1. The Bertz CT molecular complexity index is 407. The van der Waals surface area contributed by atoms with Crippen LogP contribution in [0.15, 0.2) is 0 Å². The third-order valence-corrected chi connectivity index (χ3v) is 4.17. The van der Waals surface area contributed by atoms with Crippen LogP contribution in [0.4, 0.5) is 5.82 Å². The van der Waals surface area contributed by atoms with E-state index in [1.807, 2.05) is 0 Å². The van der Waals surface area contributed by atoms with Crippen LogP contribution in [0, 0.1) is 13.8 Å². The fourth-order valence-electron chi connectivity index (χ4n) is 2.79. The average molecular weight is 261 g/mol. The van der Waals surface area contributed by atoms with Crippen LogP contribution >= 0.6 is 0 Å². The van der Waals surface area contributed by atoms with Crippen LogP contribution in [0.25, 0.3) is 0 Å². The molecule has 1 N–H and O–H groups in total. The van der Waals surface area contributed by atoms with E-state index < -0.39 is 0 Å². The van der Waals surface area contributed by atoms with E-state index >= 15 is 0 Å². The molecule has 1 aromatic heterocycles. The predicted molar refractivity (Wildman–Crippen MR) is 80.7 cm³/mol. The van der Waals surface area contributed by atoms with Crippen molar-refractivity contribution in [3.8, 4) is 0 Å². The van der Waals surface area contributed by atoms with Gasteiger partial charge in [0.15, 0.2) is 0 Å². The molecule has 2 rings (SSSR count). The van der Waals surface area contributed by atoms with Gasteiger partial charge >= 0.3 is 0 Å². The average Bonchev–Trinajstić information content (AvgIpc) is 2.69. The summed E-state index contributed by atoms with van der Waals surface area (Å²) < 4.78 is 0. The minimum atomic E-state index is 0.573. The van der Waals surface area contributed by atoms with Gasteiger partial charge in [-0.15, -0.1) is 0 Å². The molecule has 0 unspecified atom stereocenters. The lowest BCUT2D eigenvalue weighted by atomic mass is 9.99. The van der Waals surface area contributed by atoms with Crippen molar-refractivity contribution in [1.82, 2.24) is 9.97 Å². The Balaban J connectivity index is 2.21. The van der Waals surface area contributed by atoms with Gasteiger partial charge in [-0.3, -0.25) is 0 Å². The first-order valence-electron chi connectivity index (χ1n) is 7.81. The van der Waals surface area contributed by atoms with Gasteiger partial charge in [-0.25, -0.2) is 9.97 Å². The summed E-state index contributed by atoms with van der Waals surface area (Å²) in [5.74, 6) is 2.70. The summed E-state index contributed by atoms with van der Waals surface area (Å²) in [5, 5.41) is 3.45. The van der Waals surface area contributed by atoms with Gasteiger partial charge in [0.05, 0.1) is 0 Å². The van der Waals surface area contributed by atoms with Crippen molar-refractivity contribution in [3.63, 3.8) is 0 Å². The van der Waals surface area contributed by atoms with Gasteiger partial charge in [-0.2, -0.15) is 0 Å². The first-order chi connectivity index (χ1) is 9.22. The molecular formula is C16H27N3. The van der Waals surface area contributed by atoms with Gasteiger partial charge in [0.2, 0.25) is 0 Å². The fraction of sp³-hybridized carbons (Fsp3) is 0.750. The molecule has 0 saturated heterocycles. The maximum atomic E-state index is 4.81. The second kappa shape index (κ2) is 6.88. The SMILES string of the molecule is CCCNc1nc(C2CCCCCC2)nc(C)c1C. The molecule has 1 saturated carbocycles. The van der Waals surface area contributed by atoms with Gasteiger partial charge in [0.1, 0.15) is 11.6 Å². The molecule has 1 aliphatic carbocycles. The summed E-state index contributed by atoms with van der Waals surface area (Å²) in [4.78, 5) is 9.57. The molecule has 0 aromatic carbocycles. The second-order valence-electron chi connectivity index (χ2n) is 5.76. The first-order valence-corrected chi connectivity index (χ1v) is 7.81. The highest BCUT2D eigenvalue weighted by Gasteiger charge is 2.19. The Morgan fingerprint density at radius 2 is 1.74 bits per heavy atom. The van der Waals surface area contributed by atoms with Crippen molar-refractivity contribution < 1.29 is 0 Å². The maximum Gasteiger partial charge on any atom is 0.134 e. The van der Waals surface area contributed by atoms with E-state index in [-0.39, 0.29) is 0 Å². The molecule has 106 valence electrons. The van der Waals surface area contributed by atoms with Crippen molar-refractivity contribution >= 4 is 5.82 Å². The maximum absolute atomic E-state index is 4.81. The first kappa shape index (κ1) is 14.3. The highest BCUT2D eigenvalue weighted by molar-refractivity contribution is 5.45. The van der Waals surface area contributed by atoms with E-state index in [2.05, 4.69) is 26.1 Å². The minimum absolute atomic E-state index is 0.573. The summed E-state index contributed by atoms with van der Waals surface area (Å²) in [7, 11) is 0. The monoisotopic (exact) mass is 261 g/mol. The van der Waals surface area contributed by atoms with E-state index in [4.69, 9.17) is 9.97 Å². The lowest BCUT2D eigenvalue weighted by Crippen LogP contribution is -2.12. The zero-order valence-electron chi connectivity index (χ0n) is 12.6.